The molecule has 1 aromatic carbocycles. The number of nitrogens with zero attached hydrogens (tertiary/aromatic N) is 2. The van der Waals surface area contributed by atoms with Crippen LogP contribution in [0, 0.1) is 5.82 Å². The molecule has 1 heterocycles. The molecule has 0 saturated carbocycles. The first-order chi connectivity index (χ1) is 11.5. The Hall–Kier alpha value is -1.96. The lowest BCUT2D eigenvalue weighted by Gasteiger charge is -2.32. The maximum absolute atomic E-state index is 14.0. The minimum Gasteiger partial charge on any atom is -0.434 e. The summed E-state index contributed by atoms with van der Waals surface area (Å²) in [6, 6.07) is 3.80. The van der Waals surface area contributed by atoms with Gasteiger partial charge < -0.3 is 20.1 Å². The van der Waals surface area contributed by atoms with Crippen molar-refractivity contribution in [3.63, 3.8) is 0 Å². The summed E-state index contributed by atoms with van der Waals surface area (Å²) in [5.41, 5.74) is -0.00903. The second-order valence-corrected chi connectivity index (χ2v) is 5.48. The Morgan fingerprint density at radius 3 is 2.75 bits per heavy atom. The molecule has 1 aliphatic rings. The van der Waals surface area contributed by atoms with E-state index in [-0.39, 0.29) is 24.0 Å². The Labute approximate surface area is 139 Å². The van der Waals surface area contributed by atoms with E-state index in [4.69, 9.17) is 0 Å². The molecular formula is C16H22F3N3O2. The topological polar surface area (TPSA) is 57.1 Å². The predicted molar refractivity (Wildman–Crippen MR) is 84.7 cm³/mol. The highest BCUT2D eigenvalue weighted by Gasteiger charge is 2.20. The molecule has 0 unspecified atom stereocenters. The SMILES string of the molecule is CCNC(=NCc1c(F)cccc1OC(F)F)N1CCC(O)CC1. The molecule has 134 valence electrons. The fourth-order valence-corrected chi connectivity index (χ4v) is 2.56. The standard InChI is InChI=1S/C16H22F3N3O2/c1-2-20-16(22-8-6-11(23)7-9-22)21-10-12-13(17)4-3-5-14(12)24-15(18)19/h3-5,11,15,23H,2,6-10H2,1H3,(H,20,21). The summed E-state index contributed by atoms with van der Waals surface area (Å²) < 4.78 is 43.2. The van der Waals surface area contributed by atoms with Gasteiger partial charge in [-0.3, -0.25) is 0 Å². The normalized spacial score (nSPS) is 16.6. The fourth-order valence-electron chi connectivity index (χ4n) is 2.56. The summed E-state index contributed by atoms with van der Waals surface area (Å²) in [5, 5.41) is 12.7. The molecule has 0 amide bonds. The van der Waals surface area contributed by atoms with Crippen molar-refractivity contribution < 1.29 is 23.0 Å². The molecule has 24 heavy (non-hydrogen) atoms. The zero-order valence-corrected chi connectivity index (χ0v) is 13.5. The molecule has 1 aromatic rings. The summed E-state index contributed by atoms with van der Waals surface area (Å²) in [4.78, 5) is 6.31. The largest absolute Gasteiger partial charge is 0.434 e. The second kappa shape index (κ2) is 8.77. The minimum atomic E-state index is -3.02. The average Bonchev–Trinajstić information content (AvgIpc) is 2.53. The Balaban J connectivity index is 2.16. The van der Waals surface area contributed by atoms with Gasteiger partial charge in [0.25, 0.3) is 0 Å². The predicted octanol–water partition coefficient (Wildman–Crippen LogP) is 2.35. The molecular weight excluding hydrogens is 323 g/mol. The van der Waals surface area contributed by atoms with Crippen LogP contribution in [0.1, 0.15) is 25.3 Å². The first kappa shape index (κ1) is 18.4. The number of aliphatic hydroxyl groups excluding tert-OH is 1. The first-order valence-corrected chi connectivity index (χ1v) is 7.94. The molecule has 1 saturated heterocycles. The lowest BCUT2D eigenvalue weighted by atomic mass is 10.1. The maximum atomic E-state index is 14.0. The molecule has 1 fully saturated rings. The fraction of sp³-hybridized carbons (Fsp3) is 0.562. The van der Waals surface area contributed by atoms with Gasteiger partial charge in [-0.05, 0) is 31.9 Å². The van der Waals surface area contributed by atoms with E-state index >= 15 is 0 Å². The molecule has 2 N–H and O–H groups in total. The first-order valence-electron chi connectivity index (χ1n) is 7.94. The van der Waals surface area contributed by atoms with E-state index in [1.807, 2.05) is 11.8 Å². The third-order valence-electron chi connectivity index (χ3n) is 3.78. The number of nitrogens with one attached hydrogen (secondary N) is 1. The van der Waals surface area contributed by atoms with Crippen LogP contribution in [0.2, 0.25) is 0 Å². The van der Waals surface area contributed by atoms with Gasteiger partial charge in [0.2, 0.25) is 0 Å². The van der Waals surface area contributed by atoms with Crippen molar-refractivity contribution >= 4 is 5.96 Å². The molecule has 0 atom stereocenters. The van der Waals surface area contributed by atoms with Crippen LogP contribution in [-0.4, -0.2) is 48.3 Å². The molecule has 8 heteroatoms. The van der Waals surface area contributed by atoms with E-state index in [1.54, 1.807) is 0 Å². The number of ether oxygens (including phenoxy) is 1. The molecule has 0 spiro atoms. The van der Waals surface area contributed by atoms with E-state index in [2.05, 4.69) is 15.0 Å². The molecule has 0 aromatic heterocycles. The summed E-state index contributed by atoms with van der Waals surface area (Å²) in [6.07, 6.45) is 0.940. The average molecular weight is 345 g/mol. The Bertz CT molecular complexity index is 561. The van der Waals surface area contributed by atoms with Crippen LogP contribution in [0.25, 0.3) is 0 Å². The summed E-state index contributed by atoms with van der Waals surface area (Å²) in [7, 11) is 0. The van der Waals surface area contributed by atoms with Gasteiger partial charge in [0, 0.05) is 19.6 Å². The van der Waals surface area contributed by atoms with Gasteiger partial charge in [0.05, 0.1) is 18.2 Å². The number of hydrogen-bond acceptors (Lipinski definition) is 3. The Kier molecular flexibility index (Phi) is 6.72. The molecule has 5 nitrogen and oxygen atoms in total. The zero-order valence-electron chi connectivity index (χ0n) is 13.5. The van der Waals surface area contributed by atoms with Crippen molar-refractivity contribution in [1.29, 1.82) is 0 Å². The Morgan fingerprint density at radius 2 is 2.12 bits per heavy atom. The summed E-state index contributed by atoms with van der Waals surface area (Å²) >= 11 is 0. The van der Waals surface area contributed by atoms with E-state index in [0.29, 0.717) is 38.4 Å². The van der Waals surface area contributed by atoms with Crippen LogP contribution in [0.3, 0.4) is 0 Å². The monoisotopic (exact) mass is 345 g/mol. The highest BCUT2D eigenvalue weighted by molar-refractivity contribution is 5.80. The highest BCUT2D eigenvalue weighted by Crippen LogP contribution is 2.24. The van der Waals surface area contributed by atoms with Gasteiger partial charge in [0.1, 0.15) is 11.6 Å². The number of aliphatic hydroxyl groups is 1. The number of aliphatic imine (C=N–C) groups is 1. The van der Waals surface area contributed by atoms with Crippen molar-refractivity contribution in [2.24, 2.45) is 4.99 Å². The van der Waals surface area contributed by atoms with E-state index < -0.39 is 12.4 Å². The van der Waals surface area contributed by atoms with Gasteiger partial charge in [-0.25, -0.2) is 9.38 Å². The zero-order chi connectivity index (χ0) is 17.5. The number of hydrogen-bond donors (Lipinski definition) is 2. The van der Waals surface area contributed by atoms with Crippen LogP contribution in [0.5, 0.6) is 5.75 Å². The molecule has 2 rings (SSSR count). The van der Waals surface area contributed by atoms with Crippen molar-refractivity contribution in [3.05, 3.63) is 29.6 Å². The quantitative estimate of drug-likeness (QED) is 0.635. The third-order valence-corrected chi connectivity index (χ3v) is 3.78. The van der Waals surface area contributed by atoms with Crippen LogP contribution >= 0.6 is 0 Å². The molecule has 0 aliphatic carbocycles. The van der Waals surface area contributed by atoms with Gasteiger partial charge in [-0.15, -0.1) is 0 Å². The van der Waals surface area contributed by atoms with E-state index in [0.717, 1.165) is 0 Å². The summed E-state index contributed by atoms with van der Waals surface area (Å²) in [5.74, 6) is -0.281. The second-order valence-electron chi connectivity index (χ2n) is 5.48. The Morgan fingerprint density at radius 1 is 1.42 bits per heavy atom. The molecule has 1 aliphatic heterocycles. The molecule has 0 radical (unpaired) electrons. The molecule has 0 bridgehead atoms. The van der Waals surface area contributed by atoms with Crippen molar-refractivity contribution in [1.82, 2.24) is 10.2 Å². The number of alkyl halides is 2. The lowest BCUT2D eigenvalue weighted by molar-refractivity contribution is -0.0506. The maximum Gasteiger partial charge on any atom is 0.387 e. The number of halogens is 3. The van der Waals surface area contributed by atoms with Crippen molar-refractivity contribution in [3.8, 4) is 5.75 Å². The van der Waals surface area contributed by atoms with Crippen molar-refractivity contribution in [2.75, 3.05) is 19.6 Å². The number of guanidine groups is 1. The van der Waals surface area contributed by atoms with Crippen LogP contribution < -0.4 is 10.1 Å². The number of benzene rings is 1. The number of piperidine rings is 1. The van der Waals surface area contributed by atoms with E-state index in [9.17, 15) is 18.3 Å². The third kappa shape index (κ3) is 5.02. The summed E-state index contributed by atoms with van der Waals surface area (Å²) in [6.45, 7) is 0.648. The van der Waals surface area contributed by atoms with Gasteiger partial charge in [-0.2, -0.15) is 8.78 Å². The smallest absolute Gasteiger partial charge is 0.387 e. The van der Waals surface area contributed by atoms with Crippen LogP contribution in [0.15, 0.2) is 23.2 Å². The minimum absolute atomic E-state index is 0.00903. The number of rotatable bonds is 5. The lowest BCUT2D eigenvalue weighted by Crippen LogP contribution is -2.46. The van der Waals surface area contributed by atoms with Crippen LogP contribution in [-0.2, 0) is 6.54 Å². The highest BCUT2D eigenvalue weighted by atomic mass is 19.3. The van der Waals surface area contributed by atoms with Gasteiger partial charge in [-0.1, -0.05) is 6.07 Å². The van der Waals surface area contributed by atoms with Crippen LogP contribution in [0.4, 0.5) is 13.2 Å². The number of likely N-dealkylation sites (tertiary alicyclic amines) is 1. The van der Waals surface area contributed by atoms with Gasteiger partial charge in [0.15, 0.2) is 5.96 Å². The van der Waals surface area contributed by atoms with Gasteiger partial charge >= 0.3 is 6.61 Å². The van der Waals surface area contributed by atoms with Crippen molar-refractivity contribution in [2.45, 2.75) is 39.0 Å². The van der Waals surface area contributed by atoms with E-state index in [1.165, 1.54) is 18.2 Å².